The van der Waals surface area contributed by atoms with Gasteiger partial charge >= 0.3 is 0 Å². The van der Waals surface area contributed by atoms with Gasteiger partial charge in [-0.25, -0.2) is 0 Å². The molecule has 0 bridgehead atoms. The fraction of sp³-hybridized carbons (Fsp3) is 0.294. The number of likely N-dealkylation sites (tertiary alicyclic amines) is 1. The highest BCUT2D eigenvalue weighted by Crippen LogP contribution is 2.38. The number of hydrogen-bond acceptors (Lipinski definition) is 8. The summed E-state index contributed by atoms with van der Waals surface area (Å²) in [6.45, 7) is 8.94. The Morgan fingerprint density at radius 1 is 1.00 bits per heavy atom. The number of pyridine rings is 1. The Balaban J connectivity index is 1.34. The minimum absolute atomic E-state index is 0.172. The van der Waals surface area contributed by atoms with Gasteiger partial charge in [-0.05, 0) is 69.5 Å². The van der Waals surface area contributed by atoms with Gasteiger partial charge in [0.2, 0.25) is 0 Å². The van der Waals surface area contributed by atoms with Gasteiger partial charge < -0.3 is 16.1 Å². The van der Waals surface area contributed by atoms with E-state index in [-0.39, 0.29) is 11.6 Å². The van der Waals surface area contributed by atoms with Gasteiger partial charge in [-0.3, -0.25) is 14.9 Å². The van der Waals surface area contributed by atoms with E-state index >= 15 is 0 Å². The number of fused-ring (bicyclic) bond motifs is 1. The minimum atomic E-state index is -0.224. The van der Waals surface area contributed by atoms with Crippen molar-refractivity contribution < 1.29 is 0 Å². The summed E-state index contributed by atoms with van der Waals surface area (Å²) in [7, 11) is 0. The number of benzene rings is 3. The van der Waals surface area contributed by atoms with Gasteiger partial charge in [-0.2, -0.15) is 5.26 Å². The Kier molecular flexibility index (Phi) is 9.00. The van der Waals surface area contributed by atoms with Crippen molar-refractivity contribution in [3.8, 4) is 6.07 Å². The first kappa shape index (κ1) is 31.3. The predicted molar refractivity (Wildman–Crippen MR) is 185 cm³/mol. The Labute approximate surface area is 278 Å². The predicted octanol–water partition coefficient (Wildman–Crippen LogP) is 8.39. The van der Waals surface area contributed by atoms with Crippen LogP contribution in [-0.4, -0.2) is 39.6 Å². The second-order valence-electron chi connectivity index (χ2n) is 12.4. The quantitative estimate of drug-likeness (QED) is 0.157. The molecule has 0 amide bonds. The van der Waals surface area contributed by atoms with Crippen LogP contribution in [0.25, 0.3) is 10.9 Å². The zero-order valence-corrected chi connectivity index (χ0v) is 27.6. The fourth-order valence-corrected chi connectivity index (χ4v) is 6.55. The molecule has 8 nitrogen and oxygen atoms in total. The number of halogens is 3. The molecule has 4 N–H and O–H groups in total. The van der Waals surface area contributed by atoms with Crippen LogP contribution >= 0.6 is 34.8 Å². The first-order chi connectivity index (χ1) is 21.6. The minimum Gasteiger partial charge on any atom is -0.373 e. The van der Waals surface area contributed by atoms with Crippen LogP contribution in [0.2, 0.25) is 15.1 Å². The lowest BCUT2D eigenvalue weighted by atomic mass is 9.98. The standard InChI is InChI=1S/C34H35Cl3N8/c1-34(2,3)44-13-11-25(12-14-44)45-20-30(42-43-45)32(21-7-5-4-6-8-21)40-24-16-26-31(41-29-15-23(35)9-10-27(29)36)22(18-38)19-39-33(26)28(37)17-24/h4-10,15-17,19-20,25,32,40,42-43H,11-14H2,1-3H3,(H,39,41)/t32-/m0/s1. The average molecular weight is 662 g/mol. The molecule has 0 spiro atoms. The van der Waals surface area contributed by atoms with Crippen molar-refractivity contribution in [2.24, 2.45) is 0 Å². The van der Waals surface area contributed by atoms with Crippen molar-refractivity contribution >= 4 is 62.8 Å². The van der Waals surface area contributed by atoms with Gasteiger partial charge in [-0.15, -0.1) is 5.53 Å². The van der Waals surface area contributed by atoms with Crippen molar-refractivity contribution in [2.45, 2.75) is 51.2 Å². The van der Waals surface area contributed by atoms with Gasteiger partial charge in [0, 0.05) is 53.2 Å². The lowest BCUT2D eigenvalue weighted by Crippen LogP contribution is -2.52. The molecule has 0 saturated carbocycles. The Morgan fingerprint density at radius 3 is 2.47 bits per heavy atom. The van der Waals surface area contributed by atoms with Crippen LogP contribution in [0.15, 0.2) is 78.8 Å². The lowest BCUT2D eigenvalue weighted by molar-refractivity contribution is 0.0570. The van der Waals surface area contributed by atoms with Crippen LogP contribution in [0.4, 0.5) is 17.1 Å². The maximum absolute atomic E-state index is 9.97. The summed E-state index contributed by atoms with van der Waals surface area (Å²) in [5.41, 5.74) is 11.8. The number of nitrogens with zero attached hydrogens (tertiary/aromatic N) is 4. The Morgan fingerprint density at radius 2 is 1.76 bits per heavy atom. The van der Waals surface area contributed by atoms with E-state index in [1.54, 1.807) is 18.2 Å². The number of hydrogen-bond donors (Lipinski definition) is 4. The van der Waals surface area contributed by atoms with E-state index in [1.807, 2.05) is 30.3 Å². The normalized spacial score (nSPS) is 16.6. The molecule has 45 heavy (non-hydrogen) atoms. The van der Waals surface area contributed by atoms with E-state index < -0.39 is 0 Å². The molecular weight excluding hydrogens is 627 g/mol. The molecule has 2 aliphatic rings. The smallest absolute Gasteiger partial charge is 0.103 e. The number of aromatic nitrogens is 1. The van der Waals surface area contributed by atoms with Gasteiger partial charge in [0.25, 0.3) is 0 Å². The van der Waals surface area contributed by atoms with Crippen LogP contribution in [0.3, 0.4) is 0 Å². The van der Waals surface area contributed by atoms with Crippen LogP contribution in [0, 0.1) is 11.3 Å². The van der Waals surface area contributed by atoms with Gasteiger partial charge in [0.05, 0.1) is 44.2 Å². The number of nitriles is 1. The number of rotatable bonds is 7. The third-order valence-electron chi connectivity index (χ3n) is 8.40. The van der Waals surface area contributed by atoms with Crippen LogP contribution in [0.1, 0.15) is 50.8 Å². The van der Waals surface area contributed by atoms with E-state index in [2.05, 4.69) is 81.7 Å². The molecule has 3 heterocycles. The Hall–Kier alpha value is -3.71. The summed E-state index contributed by atoms with van der Waals surface area (Å²) in [6.07, 6.45) is 5.81. The molecule has 0 unspecified atom stereocenters. The molecule has 1 atom stereocenters. The fourth-order valence-electron chi connectivity index (χ4n) is 5.94. The third kappa shape index (κ3) is 6.79. The molecule has 0 aliphatic carbocycles. The van der Waals surface area contributed by atoms with Gasteiger partial charge in [-0.1, -0.05) is 65.1 Å². The topological polar surface area (TPSA) is 91.3 Å². The summed E-state index contributed by atoms with van der Waals surface area (Å²) in [5.74, 6) is 0. The zero-order valence-electron chi connectivity index (χ0n) is 25.3. The summed E-state index contributed by atoms with van der Waals surface area (Å²) in [6, 6.07) is 21.6. The van der Waals surface area contributed by atoms with E-state index in [4.69, 9.17) is 34.8 Å². The summed E-state index contributed by atoms with van der Waals surface area (Å²) in [4.78, 5) is 7.05. The number of hydrazine groups is 2. The van der Waals surface area contributed by atoms with E-state index in [1.165, 1.54) is 6.20 Å². The molecule has 232 valence electrons. The molecule has 4 aromatic rings. The maximum Gasteiger partial charge on any atom is 0.103 e. The molecular formula is C34H35Cl3N8. The highest BCUT2D eigenvalue weighted by atomic mass is 35.5. The van der Waals surface area contributed by atoms with Crippen LogP contribution in [-0.2, 0) is 0 Å². The second kappa shape index (κ2) is 13.0. The van der Waals surface area contributed by atoms with E-state index in [9.17, 15) is 5.26 Å². The van der Waals surface area contributed by atoms with E-state index in [0.717, 1.165) is 42.9 Å². The van der Waals surface area contributed by atoms with E-state index in [0.29, 0.717) is 49.0 Å². The second-order valence-corrected chi connectivity index (χ2v) is 13.6. The SMILES string of the molecule is CC(C)(C)N1CCC(N2C=C([C@@H](Nc3cc(Cl)c4ncc(C#N)c(Nc5cc(Cl)ccc5Cl)c4c3)c3ccccc3)NN2)CC1. The van der Waals surface area contributed by atoms with Gasteiger partial charge in [0.15, 0.2) is 0 Å². The Bertz CT molecular complexity index is 1770. The van der Waals surface area contributed by atoms with Crippen LogP contribution < -0.4 is 21.6 Å². The number of piperidine rings is 1. The molecule has 1 fully saturated rings. The van der Waals surface area contributed by atoms with Crippen molar-refractivity contribution in [1.29, 1.82) is 5.26 Å². The first-order valence-corrected chi connectivity index (χ1v) is 16.1. The number of anilines is 3. The highest BCUT2D eigenvalue weighted by molar-refractivity contribution is 6.36. The largest absolute Gasteiger partial charge is 0.373 e. The maximum atomic E-state index is 9.97. The molecule has 3 aromatic carbocycles. The summed E-state index contributed by atoms with van der Waals surface area (Å²) < 4.78 is 0. The third-order valence-corrected chi connectivity index (χ3v) is 9.26. The van der Waals surface area contributed by atoms with Crippen molar-refractivity contribution in [1.82, 2.24) is 25.9 Å². The highest BCUT2D eigenvalue weighted by Gasteiger charge is 2.32. The monoisotopic (exact) mass is 660 g/mol. The van der Waals surface area contributed by atoms with Crippen molar-refractivity contribution in [2.75, 3.05) is 23.7 Å². The van der Waals surface area contributed by atoms with Crippen molar-refractivity contribution in [3.63, 3.8) is 0 Å². The summed E-state index contributed by atoms with van der Waals surface area (Å²) in [5, 5.41) is 21.3. The molecule has 6 rings (SSSR count). The first-order valence-electron chi connectivity index (χ1n) is 14.9. The molecule has 0 radical (unpaired) electrons. The average Bonchev–Trinajstić information content (AvgIpc) is 3.52. The zero-order chi connectivity index (χ0) is 31.7. The molecule has 2 aliphatic heterocycles. The summed E-state index contributed by atoms with van der Waals surface area (Å²) >= 11 is 19.6. The molecule has 1 aromatic heterocycles. The van der Waals surface area contributed by atoms with Crippen LogP contribution in [0.5, 0.6) is 0 Å². The van der Waals surface area contributed by atoms with Crippen molar-refractivity contribution in [3.05, 3.63) is 105 Å². The van der Waals surface area contributed by atoms with Gasteiger partial charge in [0.1, 0.15) is 6.07 Å². The molecule has 1 saturated heterocycles. The lowest BCUT2D eigenvalue weighted by Gasteiger charge is -2.42. The molecule has 11 heteroatoms. The number of nitrogens with one attached hydrogen (secondary N) is 4.